The van der Waals surface area contributed by atoms with E-state index in [-0.39, 0.29) is 18.3 Å². The van der Waals surface area contributed by atoms with Gasteiger partial charge in [-0.2, -0.15) is 0 Å². The lowest BCUT2D eigenvalue weighted by atomic mass is 10.1. The second-order valence-corrected chi connectivity index (χ2v) is 6.51. The van der Waals surface area contributed by atoms with Crippen molar-refractivity contribution in [2.75, 3.05) is 13.1 Å². The van der Waals surface area contributed by atoms with Crippen molar-refractivity contribution in [1.82, 2.24) is 10.2 Å². The first-order valence-corrected chi connectivity index (χ1v) is 7.85. The van der Waals surface area contributed by atoms with Crippen LogP contribution in [-0.2, 0) is 11.2 Å². The smallest absolute Gasteiger partial charge is 0.227 e. The molecule has 1 amide bonds. The van der Waals surface area contributed by atoms with Crippen molar-refractivity contribution < 1.29 is 4.79 Å². The molecule has 2 atom stereocenters. The van der Waals surface area contributed by atoms with E-state index in [2.05, 4.69) is 5.32 Å². The predicted molar refractivity (Wildman–Crippen MR) is 88.6 cm³/mol. The first-order chi connectivity index (χ1) is 9.61. The summed E-state index contributed by atoms with van der Waals surface area (Å²) >= 11 is 11.9. The summed E-state index contributed by atoms with van der Waals surface area (Å²) in [7, 11) is 0. The first kappa shape index (κ1) is 16.9. The summed E-state index contributed by atoms with van der Waals surface area (Å²) in [5, 5.41) is 4.62. The number of nitrogens with zero attached hydrogens (tertiary/aromatic N) is 1. The molecule has 0 spiro atoms. The summed E-state index contributed by atoms with van der Waals surface area (Å²) in [5.74, 6) is 0.178. The summed E-state index contributed by atoms with van der Waals surface area (Å²) in [6.45, 7) is 1.69. The highest BCUT2D eigenvalue weighted by molar-refractivity contribution is 6.42. The molecule has 3 rings (SSSR count). The number of hydrogen-bond acceptors (Lipinski definition) is 2. The predicted octanol–water partition coefficient (Wildman–Crippen LogP) is 3.31. The summed E-state index contributed by atoms with van der Waals surface area (Å²) in [6, 6.07) is 6.47. The van der Waals surface area contributed by atoms with Crippen LogP contribution in [0.2, 0.25) is 10.0 Å². The minimum Gasteiger partial charge on any atom is -0.341 e. The Morgan fingerprint density at radius 3 is 2.71 bits per heavy atom. The number of carbonyl (C=O) groups excluding carboxylic acids is 1. The van der Waals surface area contributed by atoms with E-state index in [1.165, 1.54) is 12.8 Å². The zero-order valence-corrected chi connectivity index (χ0v) is 14.0. The molecule has 2 heterocycles. The number of carbonyl (C=O) groups is 1. The summed E-state index contributed by atoms with van der Waals surface area (Å²) < 4.78 is 0. The molecule has 0 saturated carbocycles. The maximum absolute atomic E-state index is 12.4. The number of halogens is 3. The molecule has 2 saturated heterocycles. The molecule has 2 aliphatic heterocycles. The molecule has 1 aromatic carbocycles. The van der Waals surface area contributed by atoms with Crippen molar-refractivity contribution in [3.63, 3.8) is 0 Å². The van der Waals surface area contributed by atoms with Gasteiger partial charge in [-0.15, -0.1) is 12.4 Å². The topological polar surface area (TPSA) is 32.3 Å². The van der Waals surface area contributed by atoms with Crippen molar-refractivity contribution in [2.45, 2.75) is 37.8 Å². The monoisotopic (exact) mass is 348 g/mol. The molecular formula is C15H19Cl3N2O. The van der Waals surface area contributed by atoms with Gasteiger partial charge in [0.05, 0.1) is 16.5 Å². The van der Waals surface area contributed by atoms with Crippen molar-refractivity contribution in [1.29, 1.82) is 0 Å². The molecule has 3 nitrogen and oxygen atoms in total. The summed E-state index contributed by atoms with van der Waals surface area (Å²) in [5.41, 5.74) is 0.923. The molecule has 0 aliphatic carbocycles. The Morgan fingerprint density at radius 2 is 1.95 bits per heavy atom. The van der Waals surface area contributed by atoms with Crippen LogP contribution in [0.5, 0.6) is 0 Å². The Balaban J connectivity index is 0.00000161. The second kappa shape index (κ2) is 7.19. The van der Waals surface area contributed by atoms with Crippen molar-refractivity contribution in [3.05, 3.63) is 33.8 Å². The van der Waals surface area contributed by atoms with Gasteiger partial charge >= 0.3 is 0 Å². The fourth-order valence-electron chi connectivity index (χ4n) is 3.11. The lowest BCUT2D eigenvalue weighted by Crippen LogP contribution is -2.39. The van der Waals surface area contributed by atoms with Crippen molar-refractivity contribution in [2.24, 2.45) is 0 Å². The second-order valence-electron chi connectivity index (χ2n) is 5.69. The number of fused-ring (bicyclic) bond motifs is 2. The molecule has 116 valence electrons. The third kappa shape index (κ3) is 4.04. The van der Waals surface area contributed by atoms with Gasteiger partial charge in [-0.3, -0.25) is 4.79 Å². The number of likely N-dealkylation sites (tertiary alicyclic amines) is 1. The molecule has 2 fully saturated rings. The molecule has 2 unspecified atom stereocenters. The summed E-state index contributed by atoms with van der Waals surface area (Å²) in [4.78, 5) is 14.4. The number of nitrogens with one attached hydrogen (secondary N) is 1. The van der Waals surface area contributed by atoms with Crippen LogP contribution in [0.3, 0.4) is 0 Å². The van der Waals surface area contributed by atoms with Crippen LogP contribution in [0.25, 0.3) is 0 Å². The molecule has 0 aromatic heterocycles. The molecule has 2 bridgehead atoms. The number of hydrogen-bond donors (Lipinski definition) is 1. The normalized spacial score (nSPS) is 24.4. The van der Waals surface area contributed by atoms with Crippen LogP contribution >= 0.6 is 35.6 Å². The largest absolute Gasteiger partial charge is 0.341 e. The standard InChI is InChI=1S/C15H18Cl2N2O.ClH/c16-13-4-1-10(7-14(13)17)8-15(20)19-6-5-11-2-3-12(9-19)18-11;/h1,4,7,11-12,18H,2-3,5-6,8-9H2;1H. The fraction of sp³-hybridized carbons (Fsp3) is 0.533. The Bertz CT molecular complexity index is 524. The van der Waals surface area contributed by atoms with E-state index in [1.807, 2.05) is 11.0 Å². The average molecular weight is 350 g/mol. The van der Waals surface area contributed by atoms with Crippen LogP contribution < -0.4 is 5.32 Å². The highest BCUT2D eigenvalue weighted by Gasteiger charge is 2.30. The number of benzene rings is 1. The lowest BCUT2D eigenvalue weighted by molar-refractivity contribution is -0.130. The lowest BCUT2D eigenvalue weighted by Gasteiger charge is -2.24. The molecule has 1 aromatic rings. The highest BCUT2D eigenvalue weighted by atomic mass is 35.5. The zero-order chi connectivity index (χ0) is 14.1. The van der Waals surface area contributed by atoms with E-state index in [0.717, 1.165) is 25.1 Å². The maximum Gasteiger partial charge on any atom is 0.227 e. The molecule has 21 heavy (non-hydrogen) atoms. The average Bonchev–Trinajstić information content (AvgIpc) is 2.73. The van der Waals surface area contributed by atoms with E-state index in [1.54, 1.807) is 12.1 Å². The fourth-order valence-corrected chi connectivity index (χ4v) is 3.43. The minimum absolute atomic E-state index is 0. The van der Waals surface area contributed by atoms with Crippen LogP contribution in [0.4, 0.5) is 0 Å². The summed E-state index contributed by atoms with van der Waals surface area (Å²) in [6.07, 6.45) is 3.89. The SMILES string of the molecule is Cl.O=C(Cc1ccc(Cl)c(Cl)c1)N1CCC2CCC(C1)N2. The van der Waals surface area contributed by atoms with E-state index < -0.39 is 0 Å². The zero-order valence-electron chi connectivity index (χ0n) is 11.6. The van der Waals surface area contributed by atoms with Crippen molar-refractivity contribution >= 4 is 41.5 Å². The number of rotatable bonds is 2. The molecular weight excluding hydrogens is 331 g/mol. The van der Waals surface area contributed by atoms with Gasteiger partial charge in [0, 0.05) is 25.2 Å². The Labute approximate surface area is 141 Å². The minimum atomic E-state index is 0. The quantitative estimate of drug-likeness (QED) is 0.888. The van der Waals surface area contributed by atoms with Crippen LogP contribution in [-0.4, -0.2) is 36.0 Å². The van der Waals surface area contributed by atoms with Gasteiger partial charge in [0.1, 0.15) is 0 Å². The van der Waals surface area contributed by atoms with Crippen molar-refractivity contribution in [3.8, 4) is 0 Å². The third-order valence-electron chi connectivity index (χ3n) is 4.22. The number of amides is 1. The van der Waals surface area contributed by atoms with Crippen LogP contribution in [0.1, 0.15) is 24.8 Å². The highest BCUT2D eigenvalue weighted by Crippen LogP contribution is 2.24. The first-order valence-electron chi connectivity index (χ1n) is 7.09. The molecule has 1 N–H and O–H groups in total. The van der Waals surface area contributed by atoms with Crippen LogP contribution in [0, 0.1) is 0 Å². The third-order valence-corrected chi connectivity index (χ3v) is 4.95. The van der Waals surface area contributed by atoms with Gasteiger partial charge in [-0.1, -0.05) is 29.3 Å². The van der Waals surface area contributed by atoms with Gasteiger partial charge in [-0.25, -0.2) is 0 Å². The van der Waals surface area contributed by atoms with Gasteiger partial charge in [0.25, 0.3) is 0 Å². The Kier molecular flexibility index (Phi) is 5.78. The molecule has 2 aliphatic rings. The van der Waals surface area contributed by atoms with Gasteiger partial charge < -0.3 is 10.2 Å². The van der Waals surface area contributed by atoms with E-state index >= 15 is 0 Å². The van der Waals surface area contributed by atoms with Gasteiger partial charge in [-0.05, 0) is 37.0 Å². The molecule has 0 radical (unpaired) electrons. The van der Waals surface area contributed by atoms with E-state index in [4.69, 9.17) is 23.2 Å². The van der Waals surface area contributed by atoms with Gasteiger partial charge in [0.2, 0.25) is 5.91 Å². The van der Waals surface area contributed by atoms with Gasteiger partial charge in [0.15, 0.2) is 0 Å². The van der Waals surface area contributed by atoms with E-state index in [0.29, 0.717) is 28.5 Å². The maximum atomic E-state index is 12.4. The van der Waals surface area contributed by atoms with Crippen LogP contribution in [0.15, 0.2) is 18.2 Å². The Morgan fingerprint density at radius 1 is 1.19 bits per heavy atom. The van der Waals surface area contributed by atoms with E-state index in [9.17, 15) is 4.79 Å². The Hall–Kier alpha value is -0.480. The molecule has 6 heteroatoms.